The van der Waals surface area contributed by atoms with E-state index in [1.165, 1.54) is 11.8 Å². The largest absolute Gasteiger partial charge is 0.481 e. The van der Waals surface area contributed by atoms with E-state index in [4.69, 9.17) is 5.11 Å². The lowest BCUT2D eigenvalue weighted by Crippen LogP contribution is -2.04. The van der Waals surface area contributed by atoms with Crippen LogP contribution >= 0.6 is 11.8 Å². The molecular formula is C12H17N5O2S. The smallest absolute Gasteiger partial charge is 0.313 e. The van der Waals surface area contributed by atoms with Crippen LogP contribution in [0.15, 0.2) is 5.16 Å². The maximum Gasteiger partial charge on any atom is 0.313 e. The molecule has 0 spiro atoms. The molecule has 108 valence electrons. The number of carboxylic acids is 1. The molecule has 0 unspecified atom stereocenters. The number of aliphatic carboxylic acids is 1. The molecule has 8 heteroatoms. The van der Waals surface area contributed by atoms with Gasteiger partial charge in [-0.15, -0.1) is 10.2 Å². The molecule has 0 atom stereocenters. The Morgan fingerprint density at radius 2 is 2.05 bits per heavy atom. The number of aryl methyl sites for hydroxylation is 2. The van der Waals surface area contributed by atoms with Crippen LogP contribution in [0, 0.1) is 13.8 Å². The van der Waals surface area contributed by atoms with E-state index in [2.05, 4.69) is 15.3 Å². The Labute approximate surface area is 121 Å². The average Bonchev–Trinajstić information content (AvgIpc) is 2.88. The molecule has 0 amide bonds. The van der Waals surface area contributed by atoms with Gasteiger partial charge in [0.1, 0.15) is 0 Å². The van der Waals surface area contributed by atoms with E-state index < -0.39 is 5.97 Å². The number of aromatic nitrogens is 5. The van der Waals surface area contributed by atoms with Crippen molar-refractivity contribution in [3.05, 3.63) is 11.4 Å². The van der Waals surface area contributed by atoms with Gasteiger partial charge in [-0.05, 0) is 20.8 Å². The van der Waals surface area contributed by atoms with Gasteiger partial charge in [0.05, 0.1) is 17.0 Å². The fourth-order valence-electron chi connectivity index (χ4n) is 2.09. The van der Waals surface area contributed by atoms with Gasteiger partial charge in [-0.2, -0.15) is 5.10 Å². The van der Waals surface area contributed by atoms with E-state index in [0.717, 1.165) is 22.8 Å². The fraction of sp³-hybridized carbons (Fsp3) is 0.500. The normalized spacial score (nSPS) is 11.0. The number of carbonyl (C=O) groups is 1. The molecule has 20 heavy (non-hydrogen) atoms. The molecule has 7 nitrogen and oxygen atoms in total. The third-order valence-electron chi connectivity index (χ3n) is 3.09. The minimum absolute atomic E-state index is 0.0247. The minimum atomic E-state index is -0.865. The van der Waals surface area contributed by atoms with Gasteiger partial charge in [0.15, 0.2) is 11.0 Å². The molecule has 2 rings (SSSR count). The number of thioether (sulfide) groups is 1. The van der Waals surface area contributed by atoms with Crippen molar-refractivity contribution in [1.82, 2.24) is 24.5 Å². The highest BCUT2D eigenvalue weighted by molar-refractivity contribution is 7.99. The maximum atomic E-state index is 10.7. The Hall–Kier alpha value is -1.83. The molecule has 2 aromatic rings. The summed E-state index contributed by atoms with van der Waals surface area (Å²) >= 11 is 1.18. The Morgan fingerprint density at radius 1 is 1.35 bits per heavy atom. The summed E-state index contributed by atoms with van der Waals surface area (Å²) in [6, 6.07) is 0. The highest BCUT2D eigenvalue weighted by Crippen LogP contribution is 2.28. The lowest BCUT2D eigenvalue weighted by molar-refractivity contribution is -0.133. The average molecular weight is 295 g/mol. The lowest BCUT2D eigenvalue weighted by Gasteiger charge is -2.06. The van der Waals surface area contributed by atoms with Crippen LogP contribution in [0.25, 0.3) is 11.4 Å². The van der Waals surface area contributed by atoms with E-state index in [9.17, 15) is 4.79 Å². The fourth-order valence-corrected chi connectivity index (χ4v) is 2.81. The zero-order valence-electron chi connectivity index (χ0n) is 11.9. The summed E-state index contributed by atoms with van der Waals surface area (Å²) in [5, 5.41) is 22.1. The van der Waals surface area contributed by atoms with E-state index in [1.807, 2.05) is 37.1 Å². The van der Waals surface area contributed by atoms with Crippen molar-refractivity contribution in [2.75, 3.05) is 5.75 Å². The molecule has 0 bridgehead atoms. The van der Waals surface area contributed by atoms with Gasteiger partial charge in [0, 0.05) is 19.3 Å². The molecule has 0 aromatic carbocycles. The molecule has 0 fully saturated rings. The van der Waals surface area contributed by atoms with E-state index in [1.54, 1.807) is 0 Å². The van der Waals surface area contributed by atoms with Gasteiger partial charge in [0.25, 0.3) is 0 Å². The SMILES string of the molecule is CCn1c(SCC(=O)O)nnc1-c1c(C)nn(C)c1C. The molecule has 0 saturated carbocycles. The van der Waals surface area contributed by atoms with E-state index in [0.29, 0.717) is 11.7 Å². The summed E-state index contributed by atoms with van der Waals surface area (Å²) in [5.41, 5.74) is 2.87. The van der Waals surface area contributed by atoms with Crippen LogP contribution in [0.3, 0.4) is 0 Å². The molecule has 0 radical (unpaired) electrons. The second-order valence-electron chi connectivity index (χ2n) is 4.40. The van der Waals surface area contributed by atoms with Crippen LogP contribution < -0.4 is 0 Å². The van der Waals surface area contributed by atoms with Gasteiger partial charge in [0.2, 0.25) is 0 Å². The van der Waals surface area contributed by atoms with Gasteiger partial charge in [-0.3, -0.25) is 9.48 Å². The number of rotatable bonds is 5. The summed E-state index contributed by atoms with van der Waals surface area (Å²) in [5.74, 6) is -0.150. The first kappa shape index (κ1) is 14.6. The standard InChI is InChI=1S/C12H17N5O2S/c1-5-17-11(10-7(2)15-16(4)8(10)3)13-14-12(17)20-6-9(18)19/h5-6H2,1-4H3,(H,18,19). The molecule has 0 aliphatic heterocycles. The van der Waals surface area contributed by atoms with Crippen LogP contribution in [0.1, 0.15) is 18.3 Å². The third kappa shape index (κ3) is 2.55. The number of hydrogen-bond acceptors (Lipinski definition) is 5. The highest BCUT2D eigenvalue weighted by atomic mass is 32.2. The van der Waals surface area contributed by atoms with Gasteiger partial charge in [-0.25, -0.2) is 0 Å². The summed E-state index contributed by atoms with van der Waals surface area (Å²) < 4.78 is 3.73. The van der Waals surface area contributed by atoms with Crippen molar-refractivity contribution >= 4 is 17.7 Å². The summed E-state index contributed by atoms with van der Waals surface area (Å²) in [6.45, 7) is 6.58. The van der Waals surface area contributed by atoms with E-state index >= 15 is 0 Å². The first-order chi connectivity index (χ1) is 9.45. The molecule has 1 N–H and O–H groups in total. The van der Waals surface area contributed by atoms with Crippen molar-refractivity contribution < 1.29 is 9.90 Å². The van der Waals surface area contributed by atoms with Gasteiger partial charge in [-0.1, -0.05) is 11.8 Å². The van der Waals surface area contributed by atoms with Crippen LogP contribution in [0.2, 0.25) is 0 Å². The molecule has 2 heterocycles. The quantitative estimate of drug-likeness (QED) is 0.841. The Kier molecular flexibility index (Phi) is 4.12. The van der Waals surface area contributed by atoms with Crippen LogP contribution in [-0.4, -0.2) is 41.4 Å². The van der Waals surface area contributed by atoms with Crippen molar-refractivity contribution in [3.8, 4) is 11.4 Å². The Balaban J connectivity index is 2.45. The topological polar surface area (TPSA) is 85.8 Å². The predicted molar refractivity (Wildman–Crippen MR) is 75.7 cm³/mol. The second-order valence-corrected chi connectivity index (χ2v) is 5.34. The van der Waals surface area contributed by atoms with Gasteiger partial charge >= 0.3 is 5.97 Å². The molecule has 0 aliphatic rings. The molecule has 0 aliphatic carbocycles. The van der Waals surface area contributed by atoms with Crippen molar-refractivity contribution in [2.24, 2.45) is 7.05 Å². The van der Waals surface area contributed by atoms with Gasteiger partial charge < -0.3 is 9.67 Å². The number of hydrogen-bond donors (Lipinski definition) is 1. The van der Waals surface area contributed by atoms with Crippen LogP contribution in [-0.2, 0) is 18.4 Å². The van der Waals surface area contributed by atoms with E-state index in [-0.39, 0.29) is 5.75 Å². The first-order valence-electron chi connectivity index (χ1n) is 6.24. The lowest BCUT2D eigenvalue weighted by atomic mass is 10.2. The molecule has 2 aromatic heterocycles. The monoisotopic (exact) mass is 295 g/mol. The minimum Gasteiger partial charge on any atom is -0.481 e. The maximum absolute atomic E-state index is 10.7. The second kappa shape index (κ2) is 5.66. The summed E-state index contributed by atoms with van der Waals surface area (Å²) in [6.07, 6.45) is 0. The summed E-state index contributed by atoms with van der Waals surface area (Å²) in [4.78, 5) is 10.7. The zero-order valence-corrected chi connectivity index (χ0v) is 12.7. The predicted octanol–water partition coefficient (Wildman–Crippen LogP) is 1.49. The highest BCUT2D eigenvalue weighted by Gasteiger charge is 2.20. The van der Waals surface area contributed by atoms with Crippen LogP contribution in [0.5, 0.6) is 0 Å². The molecular weight excluding hydrogens is 278 g/mol. The number of carboxylic acid groups (broad SMARTS) is 1. The summed E-state index contributed by atoms with van der Waals surface area (Å²) in [7, 11) is 1.89. The Bertz CT molecular complexity index is 647. The third-order valence-corrected chi connectivity index (χ3v) is 4.04. The van der Waals surface area contributed by atoms with Crippen LogP contribution in [0.4, 0.5) is 0 Å². The Morgan fingerprint density at radius 3 is 2.55 bits per heavy atom. The molecule has 0 saturated heterocycles. The van der Waals surface area contributed by atoms with Crippen molar-refractivity contribution in [1.29, 1.82) is 0 Å². The first-order valence-corrected chi connectivity index (χ1v) is 7.22. The van der Waals surface area contributed by atoms with Crippen molar-refractivity contribution in [2.45, 2.75) is 32.5 Å². The zero-order chi connectivity index (χ0) is 14.9. The van der Waals surface area contributed by atoms with Crippen molar-refractivity contribution in [3.63, 3.8) is 0 Å². The number of nitrogens with zero attached hydrogens (tertiary/aromatic N) is 5.